The summed E-state index contributed by atoms with van der Waals surface area (Å²) in [6, 6.07) is 6.06. The van der Waals surface area contributed by atoms with Gasteiger partial charge in [-0.1, -0.05) is 17.7 Å². The van der Waals surface area contributed by atoms with E-state index in [0.29, 0.717) is 0 Å². The van der Waals surface area contributed by atoms with Crippen molar-refractivity contribution in [1.29, 1.82) is 0 Å². The predicted molar refractivity (Wildman–Crippen MR) is 62.5 cm³/mol. The smallest absolute Gasteiger partial charge is 0.0685 e. The van der Waals surface area contributed by atoms with Crippen LogP contribution >= 0.6 is 0 Å². The van der Waals surface area contributed by atoms with Crippen LogP contribution in [0.2, 0.25) is 0 Å². The van der Waals surface area contributed by atoms with Gasteiger partial charge in [0, 0.05) is 5.69 Å². The summed E-state index contributed by atoms with van der Waals surface area (Å²) in [5, 5.41) is 0. The van der Waals surface area contributed by atoms with Gasteiger partial charge >= 0.3 is 0 Å². The Morgan fingerprint density at radius 3 is 2.87 bits per heavy atom. The minimum Gasteiger partial charge on any atom is -0.319 e. The molecule has 1 aromatic heterocycles. The van der Waals surface area contributed by atoms with Crippen molar-refractivity contribution in [3.05, 3.63) is 41.2 Å². The van der Waals surface area contributed by atoms with E-state index >= 15 is 0 Å². The number of hydrogen-bond acceptors (Lipinski definition) is 2. The van der Waals surface area contributed by atoms with Gasteiger partial charge in [-0.05, 0) is 44.7 Å². The molecule has 0 bridgehead atoms. The lowest BCUT2D eigenvalue weighted by Crippen LogP contribution is -2.16. The lowest BCUT2D eigenvalue weighted by atomic mass is 9.92. The molecule has 0 aliphatic heterocycles. The largest absolute Gasteiger partial charge is 0.319 e. The molecule has 0 saturated carbocycles. The topological polar surface area (TPSA) is 38.9 Å². The molecule has 0 fully saturated rings. The summed E-state index contributed by atoms with van der Waals surface area (Å²) in [5.74, 6) is 0. The molecule has 0 radical (unpaired) electrons. The Labute approximate surface area is 91.2 Å². The molecule has 2 N–H and O–H groups in total. The Bertz CT molecular complexity index is 369. The van der Waals surface area contributed by atoms with Gasteiger partial charge in [0.05, 0.1) is 11.7 Å². The number of pyridine rings is 1. The van der Waals surface area contributed by atoms with Gasteiger partial charge in [0.25, 0.3) is 0 Å². The number of allylic oxidation sites excluding steroid dienone is 1. The monoisotopic (exact) mass is 202 g/mol. The van der Waals surface area contributed by atoms with Crippen LogP contribution in [0.4, 0.5) is 0 Å². The molecule has 1 atom stereocenters. The van der Waals surface area contributed by atoms with Crippen LogP contribution in [0.15, 0.2) is 29.8 Å². The second-order valence-corrected chi connectivity index (χ2v) is 4.21. The lowest BCUT2D eigenvalue weighted by molar-refractivity contribution is 0.640. The van der Waals surface area contributed by atoms with E-state index in [1.807, 2.05) is 25.1 Å². The van der Waals surface area contributed by atoms with E-state index < -0.39 is 0 Å². The molecule has 1 unspecified atom stereocenters. The average molecular weight is 202 g/mol. The van der Waals surface area contributed by atoms with Crippen LogP contribution in [-0.4, -0.2) is 4.98 Å². The molecule has 1 aliphatic rings. The Morgan fingerprint density at radius 2 is 2.20 bits per heavy atom. The number of hydrogen-bond donors (Lipinski definition) is 1. The predicted octanol–water partition coefficient (Wildman–Crippen LogP) is 2.89. The normalized spacial score (nSPS) is 18.4. The number of aryl methyl sites for hydroxylation is 1. The van der Waals surface area contributed by atoms with Gasteiger partial charge < -0.3 is 5.73 Å². The standard InChI is InChI=1S/C13H18N2/c1-10-6-5-9-12(15-10)13(14)11-7-3-2-4-8-11/h5-7,9,13H,2-4,8,14H2,1H3. The molecule has 2 nitrogen and oxygen atoms in total. The van der Waals surface area contributed by atoms with Crippen molar-refractivity contribution < 1.29 is 0 Å². The number of aromatic nitrogens is 1. The Morgan fingerprint density at radius 1 is 1.33 bits per heavy atom. The summed E-state index contributed by atoms with van der Waals surface area (Å²) >= 11 is 0. The zero-order chi connectivity index (χ0) is 10.7. The van der Waals surface area contributed by atoms with Gasteiger partial charge in [0.1, 0.15) is 0 Å². The van der Waals surface area contributed by atoms with Crippen LogP contribution in [0, 0.1) is 6.92 Å². The van der Waals surface area contributed by atoms with E-state index in [1.165, 1.54) is 24.8 Å². The molecule has 0 spiro atoms. The Balaban J connectivity index is 2.19. The van der Waals surface area contributed by atoms with Crippen LogP contribution in [0.25, 0.3) is 0 Å². The maximum Gasteiger partial charge on any atom is 0.0685 e. The molecule has 0 aromatic carbocycles. The van der Waals surface area contributed by atoms with E-state index in [4.69, 9.17) is 5.73 Å². The first-order valence-electron chi connectivity index (χ1n) is 5.65. The van der Waals surface area contributed by atoms with Crippen molar-refractivity contribution in [3.63, 3.8) is 0 Å². The molecule has 1 aromatic rings. The van der Waals surface area contributed by atoms with Crippen LogP contribution < -0.4 is 5.73 Å². The first-order valence-corrected chi connectivity index (χ1v) is 5.65. The molecular formula is C13H18N2. The third-order valence-electron chi connectivity index (χ3n) is 2.95. The van der Waals surface area contributed by atoms with Crippen molar-refractivity contribution in [2.45, 2.75) is 38.6 Å². The zero-order valence-electron chi connectivity index (χ0n) is 9.24. The molecule has 1 heterocycles. The fourth-order valence-electron chi connectivity index (χ4n) is 2.07. The molecule has 15 heavy (non-hydrogen) atoms. The summed E-state index contributed by atoms with van der Waals surface area (Å²) < 4.78 is 0. The van der Waals surface area contributed by atoms with Gasteiger partial charge in [-0.15, -0.1) is 0 Å². The number of rotatable bonds is 2. The van der Waals surface area contributed by atoms with Crippen LogP contribution in [0.5, 0.6) is 0 Å². The molecule has 2 rings (SSSR count). The molecule has 1 aliphatic carbocycles. The zero-order valence-corrected chi connectivity index (χ0v) is 9.24. The number of nitrogens with two attached hydrogens (primary N) is 1. The first kappa shape index (κ1) is 10.4. The minimum absolute atomic E-state index is 0.00481. The van der Waals surface area contributed by atoms with Gasteiger partial charge in [0.15, 0.2) is 0 Å². The molecule has 2 heteroatoms. The van der Waals surface area contributed by atoms with E-state index in [1.54, 1.807) is 0 Å². The molecule has 0 amide bonds. The Hall–Kier alpha value is -1.15. The van der Waals surface area contributed by atoms with Crippen molar-refractivity contribution >= 4 is 0 Å². The van der Waals surface area contributed by atoms with Crippen LogP contribution in [0.3, 0.4) is 0 Å². The highest BCUT2D eigenvalue weighted by atomic mass is 14.8. The number of nitrogens with zero attached hydrogens (tertiary/aromatic N) is 1. The van der Waals surface area contributed by atoms with E-state index in [0.717, 1.165) is 17.8 Å². The average Bonchev–Trinajstić information content (AvgIpc) is 2.29. The SMILES string of the molecule is Cc1cccc(C(N)C2=CCCCC2)n1. The lowest BCUT2D eigenvalue weighted by Gasteiger charge is -2.19. The van der Waals surface area contributed by atoms with E-state index in [-0.39, 0.29) is 6.04 Å². The second kappa shape index (κ2) is 4.58. The maximum atomic E-state index is 6.21. The van der Waals surface area contributed by atoms with Gasteiger partial charge in [-0.3, -0.25) is 4.98 Å². The fourth-order valence-corrected chi connectivity index (χ4v) is 2.07. The fraction of sp³-hybridized carbons (Fsp3) is 0.462. The Kier molecular flexibility index (Phi) is 3.17. The van der Waals surface area contributed by atoms with Crippen LogP contribution in [0.1, 0.15) is 43.1 Å². The van der Waals surface area contributed by atoms with Gasteiger partial charge in [0.2, 0.25) is 0 Å². The summed E-state index contributed by atoms with van der Waals surface area (Å²) in [6.45, 7) is 2.01. The van der Waals surface area contributed by atoms with E-state index in [2.05, 4.69) is 11.1 Å². The van der Waals surface area contributed by atoms with Crippen molar-refractivity contribution in [2.75, 3.05) is 0 Å². The minimum atomic E-state index is 0.00481. The van der Waals surface area contributed by atoms with Crippen LogP contribution in [-0.2, 0) is 0 Å². The highest BCUT2D eigenvalue weighted by Gasteiger charge is 2.14. The maximum absolute atomic E-state index is 6.21. The third-order valence-corrected chi connectivity index (χ3v) is 2.95. The summed E-state index contributed by atoms with van der Waals surface area (Å²) in [4.78, 5) is 4.48. The van der Waals surface area contributed by atoms with Crippen molar-refractivity contribution in [1.82, 2.24) is 4.98 Å². The molecular weight excluding hydrogens is 184 g/mol. The second-order valence-electron chi connectivity index (χ2n) is 4.21. The van der Waals surface area contributed by atoms with Crippen molar-refractivity contribution in [3.8, 4) is 0 Å². The van der Waals surface area contributed by atoms with Crippen molar-refractivity contribution in [2.24, 2.45) is 5.73 Å². The summed E-state index contributed by atoms with van der Waals surface area (Å²) in [6.07, 6.45) is 7.17. The summed E-state index contributed by atoms with van der Waals surface area (Å²) in [7, 11) is 0. The van der Waals surface area contributed by atoms with E-state index in [9.17, 15) is 0 Å². The van der Waals surface area contributed by atoms with Gasteiger partial charge in [-0.2, -0.15) is 0 Å². The van der Waals surface area contributed by atoms with Gasteiger partial charge in [-0.25, -0.2) is 0 Å². The quantitative estimate of drug-likeness (QED) is 0.749. The molecule has 0 saturated heterocycles. The first-order chi connectivity index (χ1) is 7.27. The summed E-state index contributed by atoms with van der Waals surface area (Å²) in [5.41, 5.74) is 9.61. The third kappa shape index (κ3) is 2.45. The highest BCUT2D eigenvalue weighted by Crippen LogP contribution is 2.26. The molecule has 80 valence electrons. The highest BCUT2D eigenvalue weighted by molar-refractivity contribution is 5.24.